The molecule has 2 nitrogen and oxygen atoms in total. The van der Waals surface area contributed by atoms with Gasteiger partial charge in [0.1, 0.15) is 6.10 Å². The SMILES string of the molecule is CC(C)[C@@H](C)CC[C@@H](C)C1CCC2=C3CC[C@H]4CC(OC(=O)c5ccccc5)CCC4(C)C3CCC21C. The lowest BCUT2D eigenvalue weighted by Crippen LogP contribution is -2.48. The Bertz CT molecular complexity index is 992. The Morgan fingerprint density at radius 3 is 2.43 bits per heavy atom. The summed E-state index contributed by atoms with van der Waals surface area (Å²) in [7, 11) is 0. The van der Waals surface area contributed by atoms with Gasteiger partial charge in [-0.1, -0.05) is 83.7 Å². The van der Waals surface area contributed by atoms with Gasteiger partial charge >= 0.3 is 5.97 Å². The van der Waals surface area contributed by atoms with Crippen LogP contribution in [0.15, 0.2) is 41.5 Å². The average molecular weight is 505 g/mol. The Kier molecular flexibility index (Phi) is 7.69. The molecule has 37 heavy (non-hydrogen) atoms. The topological polar surface area (TPSA) is 26.3 Å². The van der Waals surface area contributed by atoms with Crippen molar-refractivity contribution >= 4 is 5.97 Å². The smallest absolute Gasteiger partial charge is 0.338 e. The van der Waals surface area contributed by atoms with E-state index in [9.17, 15) is 4.79 Å². The van der Waals surface area contributed by atoms with Crippen molar-refractivity contribution < 1.29 is 9.53 Å². The summed E-state index contributed by atoms with van der Waals surface area (Å²) >= 11 is 0. The first-order valence-corrected chi connectivity index (χ1v) is 15.6. The molecule has 5 rings (SSSR count). The van der Waals surface area contributed by atoms with Crippen molar-refractivity contribution in [1.29, 1.82) is 0 Å². The lowest BCUT2D eigenvalue weighted by atomic mass is 9.48. The Labute approximate surface area is 227 Å². The minimum Gasteiger partial charge on any atom is -0.459 e. The molecule has 0 spiro atoms. The van der Waals surface area contributed by atoms with E-state index < -0.39 is 0 Å². The molecule has 0 saturated heterocycles. The summed E-state index contributed by atoms with van der Waals surface area (Å²) in [5.74, 6) is 4.64. The number of carbonyl (C=O) groups is 1. The van der Waals surface area contributed by atoms with E-state index in [4.69, 9.17) is 4.74 Å². The van der Waals surface area contributed by atoms with Crippen molar-refractivity contribution in [3.05, 3.63) is 47.0 Å². The lowest BCUT2D eigenvalue weighted by Gasteiger charge is -2.57. The third kappa shape index (κ3) is 4.96. The van der Waals surface area contributed by atoms with Crippen molar-refractivity contribution in [3.8, 4) is 0 Å². The molecule has 1 aromatic rings. The van der Waals surface area contributed by atoms with Gasteiger partial charge in [-0.05, 0) is 116 Å². The molecule has 0 aromatic heterocycles. The molecule has 3 saturated carbocycles. The first-order chi connectivity index (χ1) is 17.6. The summed E-state index contributed by atoms with van der Waals surface area (Å²) in [4.78, 5) is 12.7. The molecule has 0 N–H and O–H groups in total. The van der Waals surface area contributed by atoms with Crippen LogP contribution in [0.25, 0.3) is 0 Å². The molecule has 0 bridgehead atoms. The van der Waals surface area contributed by atoms with E-state index in [-0.39, 0.29) is 12.1 Å². The Morgan fingerprint density at radius 1 is 0.946 bits per heavy atom. The quantitative estimate of drug-likeness (QED) is 0.273. The molecule has 2 heteroatoms. The molecule has 4 aliphatic rings. The highest BCUT2D eigenvalue weighted by Gasteiger charge is 2.56. The number of ether oxygens (including phenoxy) is 1. The lowest BCUT2D eigenvalue weighted by molar-refractivity contribution is -0.0499. The van der Waals surface area contributed by atoms with Gasteiger partial charge in [0.15, 0.2) is 0 Å². The van der Waals surface area contributed by atoms with Gasteiger partial charge in [-0.15, -0.1) is 0 Å². The number of carbonyl (C=O) groups excluding carboxylic acids is 1. The fourth-order valence-corrected chi connectivity index (χ4v) is 9.36. The van der Waals surface area contributed by atoms with Crippen LogP contribution in [0, 0.1) is 46.3 Å². The fraction of sp³-hybridized carbons (Fsp3) is 0.743. The second-order valence-electron chi connectivity index (χ2n) is 14.3. The van der Waals surface area contributed by atoms with Crippen LogP contribution < -0.4 is 0 Å². The van der Waals surface area contributed by atoms with Gasteiger partial charge in [-0.2, -0.15) is 0 Å². The molecular formula is C35H52O2. The Balaban J connectivity index is 1.27. The largest absolute Gasteiger partial charge is 0.459 e. The first-order valence-electron chi connectivity index (χ1n) is 15.6. The van der Waals surface area contributed by atoms with E-state index in [1.807, 2.05) is 41.5 Å². The van der Waals surface area contributed by atoms with Crippen LogP contribution in [-0.4, -0.2) is 12.1 Å². The maximum absolute atomic E-state index is 12.7. The molecule has 0 aliphatic heterocycles. The van der Waals surface area contributed by atoms with Gasteiger partial charge in [0, 0.05) is 0 Å². The summed E-state index contributed by atoms with van der Waals surface area (Å²) in [6.07, 6.45) is 14.3. The molecule has 0 heterocycles. The number of allylic oxidation sites excluding steroid dienone is 2. The van der Waals surface area contributed by atoms with E-state index in [0.717, 1.165) is 42.4 Å². The third-order valence-corrected chi connectivity index (χ3v) is 12.2. The summed E-state index contributed by atoms with van der Waals surface area (Å²) in [5.41, 5.74) is 5.29. The monoisotopic (exact) mass is 504 g/mol. The number of hydrogen-bond acceptors (Lipinski definition) is 2. The molecule has 3 fully saturated rings. The van der Waals surface area contributed by atoms with Crippen molar-refractivity contribution in [2.24, 2.45) is 46.3 Å². The molecule has 204 valence electrons. The van der Waals surface area contributed by atoms with Gasteiger partial charge in [0.05, 0.1) is 5.56 Å². The second kappa shape index (κ2) is 10.5. The van der Waals surface area contributed by atoms with Crippen LogP contribution >= 0.6 is 0 Å². The molecule has 0 radical (unpaired) electrons. The standard InChI is InChI=1S/C35H52O2/c1-23(2)24(3)12-13-25(4)30-16-17-31-29-15-14-27-22-28(37-33(36)26-10-8-7-9-11-26)18-20-34(27,5)32(29)19-21-35(30,31)6/h7-11,23-25,27-28,30,32H,12-22H2,1-6H3/t24-,25+,27-,28?,30?,32?,34?,35?/m0/s1. The Hall–Kier alpha value is -1.57. The molecule has 5 unspecified atom stereocenters. The van der Waals surface area contributed by atoms with Crippen molar-refractivity contribution in [1.82, 2.24) is 0 Å². The number of rotatable bonds is 7. The first kappa shape index (κ1) is 27.0. The summed E-state index contributed by atoms with van der Waals surface area (Å²) < 4.78 is 6.04. The average Bonchev–Trinajstić information content (AvgIpc) is 3.25. The highest BCUT2D eigenvalue weighted by atomic mass is 16.5. The minimum atomic E-state index is -0.143. The summed E-state index contributed by atoms with van der Waals surface area (Å²) in [5, 5.41) is 0. The fourth-order valence-electron chi connectivity index (χ4n) is 9.36. The van der Waals surface area contributed by atoms with Crippen molar-refractivity contribution in [2.75, 3.05) is 0 Å². The van der Waals surface area contributed by atoms with E-state index in [1.54, 1.807) is 0 Å². The normalized spacial score (nSPS) is 36.9. The van der Waals surface area contributed by atoms with Gasteiger partial charge in [0.25, 0.3) is 0 Å². The van der Waals surface area contributed by atoms with E-state index in [0.29, 0.717) is 22.3 Å². The van der Waals surface area contributed by atoms with E-state index in [1.165, 1.54) is 57.8 Å². The minimum absolute atomic E-state index is 0.0822. The third-order valence-electron chi connectivity index (χ3n) is 12.2. The maximum atomic E-state index is 12.7. The predicted octanol–water partition coefficient (Wildman–Crippen LogP) is 9.64. The van der Waals surface area contributed by atoms with Gasteiger partial charge in [-0.3, -0.25) is 0 Å². The van der Waals surface area contributed by atoms with Crippen LogP contribution in [0.5, 0.6) is 0 Å². The highest BCUT2D eigenvalue weighted by Crippen LogP contribution is 2.66. The van der Waals surface area contributed by atoms with Crippen LogP contribution in [0.3, 0.4) is 0 Å². The molecule has 8 atom stereocenters. The number of benzene rings is 1. The maximum Gasteiger partial charge on any atom is 0.338 e. The molecule has 4 aliphatic carbocycles. The van der Waals surface area contributed by atoms with E-state index >= 15 is 0 Å². The van der Waals surface area contributed by atoms with Gasteiger partial charge < -0.3 is 4.74 Å². The van der Waals surface area contributed by atoms with Crippen molar-refractivity contribution in [3.63, 3.8) is 0 Å². The summed E-state index contributed by atoms with van der Waals surface area (Å²) in [6.45, 7) is 15.0. The highest BCUT2D eigenvalue weighted by molar-refractivity contribution is 5.89. The van der Waals surface area contributed by atoms with E-state index in [2.05, 4.69) is 41.5 Å². The van der Waals surface area contributed by atoms with Crippen LogP contribution in [-0.2, 0) is 4.74 Å². The predicted molar refractivity (Wildman–Crippen MR) is 153 cm³/mol. The number of fused-ring (bicyclic) bond motifs is 4. The summed E-state index contributed by atoms with van der Waals surface area (Å²) in [6, 6.07) is 9.53. The zero-order valence-electron chi connectivity index (χ0n) is 24.5. The zero-order chi connectivity index (χ0) is 26.4. The van der Waals surface area contributed by atoms with Gasteiger partial charge in [0.2, 0.25) is 0 Å². The number of hydrogen-bond donors (Lipinski definition) is 0. The van der Waals surface area contributed by atoms with Crippen LogP contribution in [0.1, 0.15) is 123 Å². The zero-order valence-corrected chi connectivity index (χ0v) is 24.5. The molecule has 0 amide bonds. The van der Waals surface area contributed by atoms with Crippen LogP contribution in [0.4, 0.5) is 0 Å². The van der Waals surface area contributed by atoms with Crippen molar-refractivity contribution in [2.45, 2.75) is 118 Å². The molecular weight excluding hydrogens is 452 g/mol. The molecule has 1 aromatic carbocycles. The van der Waals surface area contributed by atoms with Crippen LogP contribution in [0.2, 0.25) is 0 Å². The number of esters is 1. The van der Waals surface area contributed by atoms with Gasteiger partial charge in [-0.25, -0.2) is 4.79 Å². The Morgan fingerprint density at radius 2 is 1.70 bits per heavy atom. The second-order valence-corrected chi connectivity index (χ2v) is 14.3.